The number of nitrogens with zero attached hydrogens (tertiary/aromatic N) is 1. The highest BCUT2D eigenvalue weighted by Crippen LogP contribution is 2.31. The van der Waals surface area contributed by atoms with Crippen LogP contribution < -0.4 is 15.2 Å². The predicted octanol–water partition coefficient (Wildman–Crippen LogP) is 1.49. The summed E-state index contributed by atoms with van der Waals surface area (Å²) in [5.74, 6) is -1.08. The molecule has 7 heteroatoms. The number of benzene rings is 2. The molecular weight excluding hydrogens is 332 g/mol. The van der Waals surface area contributed by atoms with Crippen LogP contribution in [0.15, 0.2) is 42.5 Å². The molecule has 1 atom stereocenters. The van der Waals surface area contributed by atoms with Crippen LogP contribution in [0.25, 0.3) is 0 Å². The molecule has 2 N–H and O–H groups in total. The Labute approximate surface area is 143 Å². The Morgan fingerprint density at radius 3 is 2.62 bits per heavy atom. The summed E-state index contributed by atoms with van der Waals surface area (Å²) in [6.45, 7) is -0.188. The Kier molecular flexibility index (Phi) is 6.01. The molecule has 6 nitrogen and oxygen atoms in total. The van der Waals surface area contributed by atoms with E-state index in [9.17, 15) is 9.90 Å². The lowest BCUT2D eigenvalue weighted by Crippen LogP contribution is -2.34. The highest BCUT2D eigenvalue weighted by Gasteiger charge is 2.18. The van der Waals surface area contributed by atoms with Gasteiger partial charge in [0.25, 0.3) is 0 Å². The maximum Gasteiger partial charge on any atom is 0.125 e. The van der Waals surface area contributed by atoms with Crippen LogP contribution in [0.4, 0.5) is 5.69 Å². The van der Waals surface area contributed by atoms with Gasteiger partial charge < -0.3 is 25.1 Å². The van der Waals surface area contributed by atoms with Gasteiger partial charge in [-0.1, -0.05) is 11.6 Å². The van der Waals surface area contributed by atoms with Gasteiger partial charge in [-0.2, -0.15) is 5.26 Å². The van der Waals surface area contributed by atoms with Gasteiger partial charge in [0.1, 0.15) is 12.4 Å². The van der Waals surface area contributed by atoms with Gasteiger partial charge in [-0.15, -0.1) is 0 Å². The first-order valence-corrected chi connectivity index (χ1v) is 7.43. The molecule has 2 aromatic carbocycles. The number of carbonyl (C=O) groups excluding carboxylic acids is 1. The SMILES string of the molecule is N#Cc1ccc(NC(C(=O)[O-])c2cc(Cl)ccc2OCCO)cc1. The minimum atomic E-state index is -1.37. The van der Waals surface area contributed by atoms with E-state index in [2.05, 4.69) is 5.32 Å². The largest absolute Gasteiger partial charge is 0.548 e. The summed E-state index contributed by atoms with van der Waals surface area (Å²) >= 11 is 5.96. The number of rotatable bonds is 7. The Morgan fingerprint density at radius 2 is 2.04 bits per heavy atom. The number of halogens is 1. The lowest BCUT2D eigenvalue weighted by atomic mass is 10.0. The minimum absolute atomic E-state index is 0.0191. The van der Waals surface area contributed by atoms with Crippen LogP contribution in [-0.2, 0) is 4.79 Å². The third-order valence-electron chi connectivity index (χ3n) is 3.19. The van der Waals surface area contributed by atoms with Gasteiger partial charge in [0, 0.05) is 16.3 Å². The van der Waals surface area contributed by atoms with Crippen LogP contribution >= 0.6 is 11.6 Å². The van der Waals surface area contributed by atoms with Crippen molar-refractivity contribution in [1.82, 2.24) is 0 Å². The number of hydrogen-bond donors (Lipinski definition) is 2. The molecule has 0 spiro atoms. The number of hydrogen-bond acceptors (Lipinski definition) is 6. The Hall–Kier alpha value is -2.75. The number of aliphatic hydroxyl groups is 1. The van der Waals surface area contributed by atoms with E-state index in [0.717, 1.165) is 0 Å². The number of ether oxygens (including phenoxy) is 1. The Bertz CT molecular complexity index is 756. The van der Waals surface area contributed by atoms with E-state index in [-0.39, 0.29) is 24.5 Å². The minimum Gasteiger partial charge on any atom is -0.548 e. The van der Waals surface area contributed by atoms with Crippen molar-refractivity contribution < 1.29 is 19.7 Å². The number of nitrogens with one attached hydrogen (secondary N) is 1. The number of aliphatic hydroxyl groups excluding tert-OH is 1. The second kappa shape index (κ2) is 8.20. The van der Waals surface area contributed by atoms with Crippen LogP contribution in [0, 0.1) is 11.3 Å². The summed E-state index contributed by atoms with van der Waals surface area (Å²) in [7, 11) is 0. The zero-order chi connectivity index (χ0) is 17.5. The van der Waals surface area contributed by atoms with E-state index in [4.69, 9.17) is 26.7 Å². The number of carbonyl (C=O) groups is 1. The van der Waals surface area contributed by atoms with Gasteiger partial charge in [-0.3, -0.25) is 0 Å². The number of aliphatic carboxylic acids is 1. The molecule has 0 bridgehead atoms. The second-order valence-corrected chi connectivity index (χ2v) is 5.28. The van der Waals surface area contributed by atoms with Gasteiger partial charge >= 0.3 is 0 Å². The molecule has 0 aliphatic rings. The molecule has 0 aliphatic heterocycles. The van der Waals surface area contributed by atoms with Crippen molar-refractivity contribution in [2.45, 2.75) is 6.04 Å². The van der Waals surface area contributed by atoms with E-state index < -0.39 is 12.0 Å². The van der Waals surface area contributed by atoms with E-state index >= 15 is 0 Å². The smallest absolute Gasteiger partial charge is 0.125 e. The molecule has 24 heavy (non-hydrogen) atoms. The zero-order valence-electron chi connectivity index (χ0n) is 12.5. The molecular formula is C17H14ClN2O4-. The fraction of sp³-hybridized carbons (Fsp3) is 0.176. The quantitative estimate of drug-likeness (QED) is 0.787. The molecule has 2 aromatic rings. The number of carboxylic acid groups (broad SMARTS) is 1. The van der Waals surface area contributed by atoms with Crippen LogP contribution in [0.2, 0.25) is 5.02 Å². The average Bonchev–Trinajstić information content (AvgIpc) is 2.59. The average molecular weight is 346 g/mol. The first-order chi connectivity index (χ1) is 11.5. The van der Waals surface area contributed by atoms with Crippen molar-refractivity contribution in [3.8, 4) is 11.8 Å². The van der Waals surface area contributed by atoms with Gasteiger partial charge in [-0.05, 0) is 42.5 Å². The van der Waals surface area contributed by atoms with Gasteiger partial charge in [-0.25, -0.2) is 0 Å². The van der Waals surface area contributed by atoms with Crippen molar-refractivity contribution in [2.75, 3.05) is 18.5 Å². The van der Waals surface area contributed by atoms with Gasteiger partial charge in [0.05, 0.1) is 30.3 Å². The normalized spacial score (nSPS) is 11.4. The summed E-state index contributed by atoms with van der Waals surface area (Å²) in [6, 6.07) is 11.6. The Morgan fingerprint density at radius 1 is 1.33 bits per heavy atom. The van der Waals surface area contributed by atoms with E-state index in [0.29, 0.717) is 16.3 Å². The summed E-state index contributed by atoms with van der Waals surface area (Å²) in [6.07, 6.45) is 0. The zero-order valence-corrected chi connectivity index (χ0v) is 13.3. The molecule has 0 aliphatic carbocycles. The first-order valence-electron chi connectivity index (χ1n) is 7.06. The molecule has 0 saturated carbocycles. The van der Waals surface area contributed by atoms with Crippen molar-refractivity contribution in [2.24, 2.45) is 0 Å². The highest BCUT2D eigenvalue weighted by atomic mass is 35.5. The maximum atomic E-state index is 11.6. The molecule has 0 amide bonds. The van der Waals surface area contributed by atoms with Gasteiger partial charge in [0.2, 0.25) is 0 Å². The molecule has 0 radical (unpaired) electrons. The van der Waals surface area contributed by atoms with Crippen molar-refractivity contribution in [3.63, 3.8) is 0 Å². The fourth-order valence-electron chi connectivity index (χ4n) is 2.10. The molecule has 1 unspecified atom stereocenters. The molecule has 0 saturated heterocycles. The molecule has 0 heterocycles. The van der Waals surface area contributed by atoms with Crippen LogP contribution in [0.1, 0.15) is 17.2 Å². The van der Waals surface area contributed by atoms with E-state index in [1.54, 1.807) is 30.3 Å². The topological polar surface area (TPSA) is 105 Å². The third kappa shape index (κ3) is 4.38. The van der Waals surface area contributed by atoms with Crippen molar-refractivity contribution >= 4 is 23.3 Å². The Balaban J connectivity index is 2.34. The van der Waals surface area contributed by atoms with Crippen LogP contribution in [0.5, 0.6) is 5.75 Å². The second-order valence-electron chi connectivity index (χ2n) is 4.84. The fourth-order valence-corrected chi connectivity index (χ4v) is 2.28. The van der Waals surface area contributed by atoms with Crippen LogP contribution in [0.3, 0.4) is 0 Å². The molecule has 0 fully saturated rings. The molecule has 0 aromatic heterocycles. The lowest BCUT2D eigenvalue weighted by molar-refractivity contribution is -0.307. The van der Waals surface area contributed by atoms with Crippen LogP contribution in [-0.4, -0.2) is 24.3 Å². The third-order valence-corrected chi connectivity index (χ3v) is 3.43. The van der Waals surface area contributed by atoms with E-state index in [1.807, 2.05) is 6.07 Å². The first kappa shape index (κ1) is 17.6. The number of carboxylic acids is 1. The van der Waals surface area contributed by atoms with Crippen molar-refractivity contribution in [1.29, 1.82) is 5.26 Å². The van der Waals surface area contributed by atoms with E-state index in [1.165, 1.54) is 12.1 Å². The lowest BCUT2D eigenvalue weighted by Gasteiger charge is -2.24. The highest BCUT2D eigenvalue weighted by molar-refractivity contribution is 6.30. The summed E-state index contributed by atoms with van der Waals surface area (Å²) < 4.78 is 5.36. The maximum absolute atomic E-state index is 11.6. The van der Waals surface area contributed by atoms with Gasteiger partial charge in [0.15, 0.2) is 0 Å². The van der Waals surface area contributed by atoms with Crippen molar-refractivity contribution in [3.05, 3.63) is 58.6 Å². The summed E-state index contributed by atoms with van der Waals surface area (Å²) in [5.41, 5.74) is 1.23. The number of nitriles is 1. The predicted molar refractivity (Wildman–Crippen MR) is 86.6 cm³/mol. The summed E-state index contributed by atoms with van der Waals surface area (Å²) in [5, 5.41) is 32.4. The number of anilines is 1. The summed E-state index contributed by atoms with van der Waals surface area (Å²) in [4.78, 5) is 11.6. The monoisotopic (exact) mass is 345 g/mol. The molecule has 124 valence electrons. The standard InChI is InChI=1S/C17H15ClN2O4/c18-12-3-6-15(24-8-7-21)14(9-12)16(17(22)23)20-13-4-1-11(10-19)2-5-13/h1-6,9,16,20-21H,7-8H2,(H,22,23)/p-1. The molecule has 2 rings (SSSR count).